The van der Waals surface area contributed by atoms with E-state index in [4.69, 9.17) is 0 Å². The fourth-order valence-electron chi connectivity index (χ4n) is 8.24. The molecule has 0 radical (unpaired) electrons. The van der Waals surface area contributed by atoms with Gasteiger partial charge in [0, 0.05) is 31.5 Å². The highest BCUT2D eigenvalue weighted by Gasteiger charge is 2.52. The molecule has 3 saturated carbocycles. The van der Waals surface area contributed by atoms with Gasteiger partial charge in [-0.25, -0.2) is 4.98 Å². The van der Waals surface area contributed by atoms with Crippen molar-refractivity contribution in [2.24, 2.45) is 29.1 Å². The Hall–Kier alpha value is -3.61. The zero-order chi connectivity index (χ0) is 36.0. The predicted octanol–water partition coefficient (Wildman–Crippen LogP) is 2.49. The molecule has 1 aromatic heterocycles. The molecule has 2 heterocycles. The molecule has 13 nitrogen and oxygen atoms in total. The zero-order valence-electron chi connectivity index (χ0n) is 30.2. The Kier molecular flexibility index (Phi) is 12.5. The summed E-state index contributed by atoms with van der Waals surface area (Å²) in [5, 5.41) is 22.7. The molecule has 13 heteroatoms. The van der Waals surface area contributed by atoms with Crippen molar-refractivity contribution in [1.29, 1.82) is 0 Å². The van der Waals surface area contributed by atoms with E-state index in [-0.39, 0.29) is 53.8 Å². The van der Waals surface area contributed by atoms with Crippen molar-refractivity contribution in [3.63, 3.8) is 0 Å². The predicted molar refractivity (Wildman–Crippen MR) is 186 cm³/mol. The number of carbonyl (C=O) groups excluding carboxylic acids is 5. The summed E-state index contributed by atoms with van der Waals surface area (Å²) in [4.78, 5) is 78.3. The number of nitrogens with one attached hydrogen (secondary N) is 4. The third-order valence-electron chi connectivity index (χ3n) is 11.2. The normalized spacial score (nSPS) is 24.7. The third kappa shape index (κ3) is 9.18. The van der Waals surface area contributed by atoms with Crippen molar-refractivity contribution in [3.8, 4) is 0 Å². The van der Waals surface area contributed by atoms with Gasteiger partial charge in [0.15, 0.2) is 6.10 Å². The number of likely N-dealkylation sites (tertiary alicyclic amines) is 1. The summed E-state index contributed by atoms with van der Waals surface area (Å²) in [7, 11) is 0. The van der Waals surface area contributed by atoms with E-state index in [9.17, 15) is 29.1 Å². The largest absolute Gasteiger partial charge is 0.381 e. The van der Waals surface area contributed by atoms with Gasteiger partial charge < -0.3 is 31.3 Å². The van der Waals surface area contributed by atoms with Gasteiger partial charge in [-0.15, -0.1) is 0 Å². The maximum atomic E-state index is 14.6. The summed E-state index contributed by atoms with van der Waals surface area (Å²) < 4.78 is 0. The Morgan fingerprint density at radius 1 is 0.940 bits per heavy atom. The summed E-state index contributed by atoms with van der Waals surface area (Å²) >= 11 is 0. The first kappa shape index (κ1) is 37.6. The van der Waals surface area contributed by atoms with Crippen molar-refractivity contribution in [1.82, 2.24) is 36.1 Å². The topological polar surface area (TPSA) is 183 Å². The first-order chi connectivity index (χ1) is 23.9. The molecule has 4 aliphatic rings. The van der Waals surface area contributed by atoms with E-state index in [2.05, 4.69) is 31.2 Å². The van der Waals surface area contributed by atoms with Crippen molar-refractivity contribution in [2.75, 3.05) is 13.1 Å². The van der Waals surface area contributed by atoms with Crippen molar-refractivity contribution < 1.29 is 29.1 Å². The molecule has 0 bridgehead atoms. The average Bonchev–Trinajstić information content (AvgIpc) is 3.66. The minimum absolute atomic E-state index is 0.0405. The summed E-state index contributed by atoms with van der Waals surface area (Å²) in [5.41, 5.74) is -0.521. The minimum atomic E-state index is -1.39. The van der Waals surface area contributed by atoms with Gasteiger partial charge in [0.05, 0.1) is 18.2 Å². The van der Waals surface area contributed by atoms with Crippen LogP contribution in [0.2, 0.25) is 0 Å². The number of hydrogen-bond donors (Lipinski definition) is 5. The number of amides is 5. The Labute approximate surface area is 295 Å². The van der Waals surface area contributed by atoms with E-state index >= 15 is 0 Å². The molecule has 4 fully saturated rings. The second-order valence-electron chi connectivity index (χ2n) is 16.0. The summed E-state index contributed by atoms with van der Waals surface area (Å²) in [6.07, 6.45) is 13.2. The molecule has 1 saturated heterocycles. The van der Waals surface area contributed by atoms with Crippen LogP contribution in [0.3, 0.4) is 0 Å². The van der Waals surface area contributed by atoms with Crippen LogP contribution in [0.4, 0.5) is 0 Å². The number of aromatic nitrogens is 2. The van der Waals surface area contributed by atoms with E-state index in [1.165, 1.54) is 18.6 Å². The van der Waals surface area contributed by atoms with Crippen LogP contribution in [0.1, 0.15) is 115 Å². The van der Waals surface area contributed by atoms with Crippen molar-refractivity contribution >= 4 is 29.5 Å². The lowest BCUT2D eigenvalue weighted by Crippen LogP contribution is -2.61. The highest BCUT2D eigenvalue weighted by molar-refractivity contribution is 5.95. The Bertz CT molecular complexity index is 1360. The van der Waals surface area contributed by atoms with Gasteiger partial charge in [-0.05, 0) is 68.1 Å². The molecular weight excluding hydrogens is 638 g/mol. The van der Waals surface area contributed by atoms with Crippen LogP contribution in [0.25, 0.3) is 0 Å². The second-order valence-corrected chi connectivity index (χ2v) is 16.0. The van der Waals surface area contributed by atoms with Gasteiger partial charge in [0.2, 0.25) is 17.7 Å². The van der Waals surface area contributed by atoms with Crippen LogP contribution in [-0.2, 0) is 19.2 Å². The molecule has 1 aromatic rings. The molecule has 276 valence electrons. The molecule has 5 rings (SSSR count). The van der Waals surface area contributed by atoms with E-state index in [0.717, 1.165) is 64.2 Å². The molecule has 0 spiro atoms. The van der Waals surface area contributed by atoms with E-state index in [0.29, 0.717) is 19.4 Å². The number of nitrogens with zero attached hydrogens (tertiary/aromatic N) is 3. The van der Waals surface area contributed by atoms with Gasteiger partial charge in [-0.2, -0.15) is 0 Å². The first-order valence-corrected chi connectivity index (χ1v) is 18.8. The molecular formula is C37H57N7O6. The third-order valence-corrected chi connectivity index (χ3v) is 11.2. The fraction of sp³-hybridized carbons (Fsp3) is 0.757. The van der Waals surface area contributed by atoms with Gasteiger partial charge in [0.1, 0.15) is 17.8 Å². The Morgan fingerprint density at radius 3 is 2.32 bits per heavy atom. The summed E-state index contributed by atoms with van der Waals surface area (Å²) in [5.74, 6) is -2.26. The fourth-order valence-corrected chi connectivity index (χ4v) is 8.24. The smallest absolute Gasteiger partial charge is 0.271 e. The molecule has 5 amide bonds. The van der Waals surface area contributed by atoms with Gasteiger partial charge >= 0.3 is 0 Å². The monoisotopic (exact) mass is 695 g/mol. The number of rotatable bonds is 14. The maximum absolute atomic E-state index is 14.6. The Balaban J connectivity index is 1.33. The first-order valence-electron chi connectivity index (χ1n) is 18.8. The lowest BCUT2D eigenvalue weighted by Gasteiger charge is -2.38. The molecule has 1 aliphatic heterocycles. The lowest BCUT2D eigenvalue weighted by molar-refractivity contribution is -0.146. The molecule has 0 aromatic carbocycles. The van der Waals surface area contributed by atoms with Crippen molar-refractivity contribution in [3.05, 3.63) is 24.3 Å². The van der Waals surface area contributed by atoms with Crippen LogP contribution in [0.15, 0.2) is 18.6 Å². The standard InChI is InChI=1S/C37H57N7O6/c1-5-10-27(30(45)35(49)41-24-15-16-24)42-34(48)29-25-14-9-13-23(25)21-44(29)36(50)31(37(2,3)4)43-32(46)26(22-11-7-6-8-12-22)19-40-33(47)28-20-38-17-18-39-28/h17-18,20,22-27,29-31,45H,5-16,19,21H2,1-4H3,(H,40,47)(H,41,49)(H,42,48)(H,43,46)/t23-,25-,26-,27-,29?,30-,31+/m0/s1. The molecule has 5 N–H and O–H groups in total. The van der Waals surface area contributed by atoms with E-state index in [1.54, 1.807) is 4.90 Å². The summed E-state index contributed by atoms with van der Waals surface area (Å²) in [6.45, 7) is 8.15. The second kappa shape index (κ2) is 16.6. The van der Waals surface area contributed by atoms with Gasteiger partial charge in [-0.1, -0.05) is 59.8 Å². The SMILES string of the molecule is CCC[C@H](NC(=O)C1[C@H]2CCC[C@H]2CN1C(=O)[C@@H](NC(=O)[C@@H](CNC(=O)c1cnccn1)C1CCCCC1)C(C)(C)C)[C@H](O)C(=O)NC1CC1. The number of aliphatic hydroxyl groups excluding tert-OH is 1. The highest BCUT2D eigenvalue weighted by atomic mass is 16.3. The van der Waals surface area contributed by atoms with Crippen LogP contribution in [0, 0.1) is 29.1 Å². The summed E-state index contributed by atoms with van der Waals surface area (Å²) in [6, 6.07) is -2.40. The lowest BCUT2D eigenvalue weighted by atomic mass is 9.78. The molecule has 7 atom stereocenters. The average molecular weight is 696 g/mol. The number of fused-ring (bicyclic) bond motifs is 1. The number of carbonyl (C=O) groups is 5. The van der Waals surface area contributed by atoms with Crippen LogP contribution in [-0.4, -0.2) is 92.9 Å². The zero-order valence-corrected chi connectivity index (χ0v) is 30.2. The Morgan fingerprint density at radius 2 is 1.68 bits per heavy atom. The molecule has 50 heavy (non-hydrogen) atoms. The molecule has 3 aliphatic carbocycles. The van der Waals surface area contributed by atoms with Gasteiger partial charge in [-0.3, -0.25) is 29.0 Å². The number of hydrogen-bond acceptors (Lipinski definition) is 8. The van der Waals surface area contributed by atoms with Crippen molar-refractivity contribution in [2.45, 2.75) is 135 Å². The highest BCUT2D eigenvalue weighted by Crippen LogP contribution is 2.43. The van der Waals surface area contributed by atoms with Crippen LogP contribution >= 0.6 is 0 Å². The van der Waals surface area contributed by atoms with Gasteiger partial charge in [0.25, 0.3) is 11.8 Å². The van der Waals surface area contributed by atoms with Crippen LogP contribution in [0.5, 0.6) is 0 Å². The minimum Gasteiger partial charge on any atom is -0.381 e. The van der Waals surface area contributed by atoms with Crippen LogP contribution < -0.4 is 21.3 Å². The van der Waals surface area contributed by atoms with E-state index < -0.39 is 47.4 Å². The quantitative estimate of drug-likeness (QED) is 0.197. The van der Waals surface area contributed by atoms with E-state index in [1.807, 2.05) is 27.7 Å². The molecule has 1 unspecified atom stereocenters. The number of aliphatic hydroxyl groups is 1. The maximum Gasteiger partial charge on any atom is 0.271 e.